The Morgan fingerprint density at radius 1 is 1.29 bits per heavy atom. The van der Waals surface area contributed by atoms with Gasteiger partial charge in [-0.15, -0.1) is 0 Å². The molecule has 1 aliphatic heterocycles. The first-order valence-electron chi connectivity index (χ1n) is 7.38. The fraction of sp³-hybridized carbons (Fsp3) is 0.533. The van der Waals surface area contributed by atoms with E-state index in [1.54, 1.807) is 0 Å². The predicted molar refractivity (Wildman–Crippen MR) is 75.7 cm³/mol. The number of nitrogens with one attached hydrogen (secondary N) is 2. The predicted octanol–water partition coefficient (Wildman–Crippen LogP) is 0.771. The van der Waals surface area contributed by atoms with Crippen LogP contribution in [0.4, 0.5) is 0 Å². The molecule has 0 radical (unpaired) electrons. The van der Waals surface area contributed by atoms with Gasteiger partial charge in [-0.05, 0) is 43.7 Å². The normalized spacial score (nSPS) is 22.1. The molecule has 6 heteroatoms. The summed E-state index contributed by atoms with van der Waals surface area (Å²) in [7, 11) is 1.45. The van der Waals surface area contributed by atoms with Crippen molar-refractivity contribution in [3.8, 4) is 0 Å². The summed E-state index contributed by atoms with van der Waals surface area (Å²) in [6.45, 7) is 0. The molecule has 0 bridgehead atoms. The van der Waals surface area contributed by atoms with Gasteiger partial charge in [0.25, 0.3) is 11.8 Å². The lowest BCUT2D eigenvalue weighted by atomic mass is 9.98. The number of likely N-dealkylation sites (N-methyl/N-ethyl adjacent to an activating group) is 1. The zero-order chi connectivity index (χ0) is 15.0. The van der Waals surface area contributed by atoms with Crippen LogP contribution in [0, 0.1) is 0 Å². The number of piperidine rings is 1. The average molecular weight is 289 g/mol. The van der Waals surface area contributed by atoms with Gasteiger partial charge in [-0.2, -0.15) is 0 Å². The smallest absolute Gasteiger partial charge is 0.268 e. The maximum absolute atomic E-state index is 12.3. The van der Waals surface area contributed by atoms with Crippen LogP contribution in [0.25, 0.3) is 0 Å². The van der Waals surface area contributed by atoms with E-state index in [1.807, 2.05) is 6.07 Å². The first kappa shape index (κ1) is 13.9. The third-order valence-electron chi connectivity index (χ3n) is 4.31. The molecule has 3 amide bonds. The lowest BCUT2D eigenvalue weighted by molar-refractivity contribution is -0.147. The van der Waals surface area contributed by atoms with E-state index in [-0.39, 0.29) is 24.1 Å². The van der Waals surface area contributed by atoms with E-state index < -0.39 is 6.04 Å². The van der Waals surface area contributed by atoms with Gasteiger partial charge in [0.05, 0.1) is 0 Å². The summed E-state index contributed by atoms with van der Waals surface area (Å²) in [5.41, 5.74) is 2.84. The summed E-state index contributed by atoms with van der Waals surface area (Å²) in [6.07, 6.45) is 4.92. The molecule has 0 spiro atoms. The van der Waals surface area contributed by atoms with Crippen molar-refractivity contribution in [2.24, 2.45) is 0 Å². The van der Waals surface area contributed by atoms with Crippen molar-refractivity contribution in [3.63, 3.8) is 0 Å². The molecule has 6 nitrogen and oxygen atoms in total. The molecule has 1 atom stereocenters. The number of rotatable bonds is 2. The summed E-state index contributed by atoms with van der Waals surface area (Å²) >= 11 is 0. The summed E-state index contributed by atoms with van der Waals surface area (Å²) in [5.74, 6) is -0.803. The van der Waals surface area contributed by atoms with Gasteiger partial charge in [0.2, 0.25) is 5.91 Å². The summed E-state index contributed by atoms with van der Waals surface area (Å²) < 4.78 is 0. The fourth-order valence-electron chi connectivity index (χ4n) is 3.01. The Balaban J connectivity index is 1.70. The highest BCUT2D eigenvalue weighted by molar-refractivity contribution is 6.03. The number of imide groups is 1. The van der Waals surface area contributed by atoms with Crippen molar-refractivity contribution < 1.29 is 14.4 Å². The number of nitrogens with zero attached hydrogens (tertiary/aromatic N) is 1. The molecule has 112 valence electrons. The summed E-state index contributed by atoms with van der Waals surface area (Å²) in [4.78, 5) is 39.9. The molecule has 21 heavy (non-hydrogen) atoms. The average Bonchev–Trinajstić information content (AvgIpc) is 2.92. The SMILES string of the molecule is CN1C(=O)CC[C@H](NC(=O)c2cc3c([nH]2)CCCC3)C1=O. The van der Waals surface area contributed by atoms with Gasteiger partial charge in [0.1, 0.15) is 11.7 Å². The Morgan fingerprint density at radius 2 is 2.05 bits per heavy atom. The second kappa shape index (κ2) is 5.35. The molecule has 1 aromatic rings. The van der Waals surface area contributed by atoms with E-state index in [4.69, 9.17) is 0 Å². The van der Waals surface area contributed by atoms with Crippen molar-refractivity contribution in [3.05, 3.63) is 23.0 Å². The zero-order valence-electron chi connectivity index (χ0n) is 12.1. The highest BCUT2D eigenvalue weighted by Gasteiger charge is 2.33. The fourth-order valence-corrected chi connectivity index (χ4v) is 3.01. The lowest BCUT2D eigenvalue weighted by Gasteiger charge is -2.27. The van der Waals surface area contributed by atoms with Crippen molar-refractivity contribution in [1.82, 2.24) is 15.2 Å². The lowest BCUT2D eigenvalue weighted by Crippen LogP contribution is -2.52. The van der Waals surface area contributed by atoms with Crippen LogP contribution in [0.2, 0.25) is 0 Å². The Bertz CT molecular complexity index is 582. The molecular formula is C15H19N3O3. The number of carbonyl (C=O) groups excluding carboxylic acids is 3. The molecule has 0 saturated carbocycles. The van der Waals surface area contributed by atoms with Crippen LogP contribution in [0.5, 0.6) is 0 Å². The molecule has 0 aromatic carbocycles. The molecule has 1 saturated heterocycles. The highest BCUT2D eigenvalue weighted by Crippen LogP contribution is 2.22. The minimum Gasteiger partial charge on any atom is -0.354 e. The highest BCUT2D eigenvalue weighted by atomic mass is 16.2. The van der Waals surface area contributed by atoms with E-state index in [9.17, 15) is 14.4 Å². The van der Waals surface area contributed by atoms with Gasteiger partial charge in [0, 0.05) is 19.2 Å². The minimum atomic E-state index is -0.611. The quantitative estimate of drug-likeness (QED) is 0.789. The van der Waals surface area contributed by atoms with Gasteiger partial charge in [-0.25, -0.2) is 0 Å². The molecule has 1 aromatic heterocycles. The van der Waals surface area contributed by atoms with Crippen LogP contribution in [-0.4, -0.2) is 40.7 Å². The maximum atomic E-state index is 12.3. The van der Waals surface area contributed by atoms with E-state index >= 15 is 0 Å². The number of fused-ring (bicyclic) bond motifs is 1. The van der Waals surface area contributed by atoms with Gasteiger partial charge in [-0.1, -0.05) is 0 Å². The van der Waals surface area contributed by atoms with E-state index in [0.717, 1.165) is 36.3 Å². The van der Waals surface area contributed by atoms with Crippen LogP contribution in [0.15, 0.2) is 6.07 Å². The Morgan fingerprint density at radius 3 is 2.81 bits per heavy atom. The molecule has 1 aliphatic carbocycles. The Hall–Kier alpha value is -2.11. The standard InChI is InChI=1S/C15H19N3O3/c1-18-13(19)7-6-11(15(18)21)17-14(20)12-8-9-4-2-3-5-10(9)16-12/h8,11,16H,2-7H2,1H3,(H,17,20)/t11-/m0/s1. The van der Waals surface area contributed by atoms with E-state index in [1.165, 1.54) is 12.6 Å². The van der Waals surface area contributed by atoms with Crippen LogP contribution in [-0.2, 0) is 22.4 Å². The number of aryl methyl sites for hydroxylation is 2. The largest absolute Gasteiger partial charge is 0.354 e. The molecule has 3 rings (SSSR count). The third-order valence-corrected chi connectivity index (χ3v) is 4.31. The van der Waals surface area contributed by atoms with Gasteiger partial charge in [0.15, 0.2) is 0 Å². The summed E-state index contributed by atoms with van der Waals surface area (Å²) in [5, 5.41) is 2.73. The molecule has 2 heterocycles. The van der Waals surface area contributed by atoms with Crippen LogP contribution < -0.4 is 5.32 Å². The van der Waals surface area contributed by atoms with Gasteiger partial charge in [-0.3, -0.25) is 19.3 Å². The van der Waals surface area contributed by atoms with Crippen molar-refractivity contribution >= 4 is 17.7 Å². The number of likely N-dealkylation sites (tertiary alicyclic amines) is 1. The van der Waals surface area contributed by atoms with Crippen LogP contribution in [0.1, 0.15) is 47.4 Å². The van der Waals surface area contributed by atoms with E-state index in [2.05, 4.69) is 10.3 Å². The minimum absolute atomic E-state index is 0.194. The van der Waals surface area contributed by atoms with Crippen LogP contribution in [0.3, 0.4) is 0 Å². The number of H-pyrrole nitrogens is 1. The maximum Gasteiger partial charge on any atom is 0.268 e. The molecule has 1 fully saturated rings. The number of aromatic nitrogens is 1. The Kier molecular flexibility index (Phi) is 3.53. The topological polar surface area (TPSA) is 82.3 Å². The number of amides is 3. The van der Waals surface area contributed by atoms with Crippen molar-refractivity contribution in [2.45, 2.75) is 44.6 Å². The molecule has 2 aliphatic rings. The first-order valence-corrected chi connectivity index (χ1v) is 7.38. The first-order chi connectivity index (χ1) is 10.1. The third kappa shape index (κ3) is 2.57. The van der Waals surface area contributed by atoms with Crippen molar-refractivity contribution in [1.29, 1.82) is 0 Å². The summed E-state index contributed by atoms with van der Waals surface area (Å²) in [6, 6.07) is 1.27. The molecular weight excluding hydrogens is 270 g/mol. The monoisotopic (exact) mass is 289 g/mol. The van der Waals surface area contributed by atoms with Gasteiger partial charge >= 0.3 is 0 Å². The molecule has 2 N–H and O–H groups in total. The number of carbonyl (C=O) groups is 3. The van der Waals surface area contributed by atoms with Crippen molar-refractivity contribution in [2.75, 3.05) is 7.05 Å². The van der Waals surface area contributed by atoms with Crippen LogP contribution >= 0.6 is 0 Å². The number of aromatic amines is 1. The van der Waals surface area contributed by atoms with E-state index in [0.29, 0.717) is 12.1 Å². The second-order valence-electron chi connectivity index (χ2n) is 5.75. The zero-order valence-corrected chi connectivity index (χ0v) is 12.1. The number of hydrogen-bond donors (Lipinski definition) is 2. The Labute approximate surface area is 122 Å². The second-order valence-corrected chi connectivity index (χ2v) is 5.75. The molecule has 0 unspecified atom stereocenters. The number of hydrogen-bond acceptors (Lipinski definition) is 3. The van der Waals surface area contributed by atoms with Gasteiger partial charge < -0.3 is 10.3 Å².